The highest BCUT2D eigenvalue weighted by Gasteiger charge is 2.24. The molecule has 128 valence electrons. The molecule has 1 atom stereocenters. The third-order valence-corrected chi connectivity index (χ3v) is 4.48. The van der Waals surface area contributed by atoms with Gasteiger partial charge in [-0.15, -0.1) is 0 Å². The second-order valence-electron chi connectivity index (χ2n) is 6.20. The van der Waals surface area contributed by atoms with Crippen LogP contribution in [-0.2, 0) is 16.1 Å². The molecule has 2 heterocycles. The fraction of sp³-hybridized carbons (Fsp3) is 0.421. The van der Waals surface area contributed by atoms with Crippen molar-refractivity contribution in [2.75, 3.05) is 26.2 Å². The summed E-state index contributed by atoms with van der Waals surface area (Å²) in [4.78, 5) is 16.8. The number of esters is 1. The number of benzene rings is 1. The summed E-state index contributed by atoms with van der Waals surface area (Å²) in [5.74, 6) is -0.279. The van der Waals surface area contributed by atoms with Crippen molar-refractivity contribution < 1.29 is 9.53 Å². The lowest BCUT2D eigenvalue weighted by molar-refractivity contribution is -0.154. The number of ether oxygens (including phenoxy) is 1. The van der Waals surface area contributed by atoms with Crippen LogP contribution in [0.3, 0.4) is 0 Å². The quantitative estimate of drug-likeness (QED) is 0.839. The van der Waals surface area contributed by atoms with Gasteiger partial charge in [0.05, 0.1) is 0 Å². The van der Waals surface area contributed by atoms with E-state index in [4.69, 9.17) is 4.74 Å². The minimum atomic E-state index is -0.279. The summed E-state index contributed by atoms with van der Waals surface area (Å²) in [6.07, 6.45) is 6.16. The monoisotopic (exact) mass is 327 g/mol. The Bertz CT molecular complexity index is 604. The molecule has 5 nitrogen and oxygen atoms in total. The molecular formula is C19H25N3O2. The second kappa shape index (κ2) is 8.13. The van der Waals surface area contributed by atoms with Crippen LogP contribution in [0.4, 0.5) is 0 Å². The van der Waals surface area contributed by atoms with Gasteiger partial charge in [-0.2, -0.15) is 0 Å². The highest BCUT2D eigenvalue weighted by atomic mass is 16.6. The van der Waals surface area contributed by atoms with Crippen LogP contribution in [0.2, 0.25) is 0 Å². The predicted octanol–water partition coefficient (Wildman–Crippen LogP) is 2.08. The van der Waals surface area contributed by atoms with Gasteiger partial charge in [0.15, 0.2) is 6.23 Å². The molecule has 0 saturated carbocycles. The minimum absolute atomic E-state index is 0.204. The van der Waals surface area contributed by atoms with Gasteiger partial charge in [0.1, 0.15) is 5.70 Å². The van der Waals surface area contributed by atoms with E-state index in [9.17, 15) is 4.79 Å². The van der Waals surface area contributed by atoms with E-state index in [0.29, 0.717) is 5.70 Å². The predicted molar refractivity (Wildman–Crippen MR) is 93.8 cm³/mol. The summed E-state index contributed by atoms with van der Waals surface area (Å²) in [7, 11) is 0. The van der Waals surface area contributed by atoms with E-state index in [1.165, 1.54) is 5.56 Å². The van der Waals surface area contributed by atoms with E-state index in [2.05, 4.69) is 39.4 Å². The Kier molecular flexibility index (Phi) is 5.67. The molecule has 1 aromatic rings. The van der Waals surface area contributed by atoms with Gasteiger partial charge in [0.25, 0.3) is 0 Å². The van der Waals surface area contributed by atoms with Gasteiger partial charge < -0.3 is 10.1 Å². The zero-order valence-electron chi connectivity index (χ0n) is 14.1. The van der Waals surface area contributed by atoms with Crippen LogP contribution in [0, 0.1) is 0 Å². The lowest BCUT2D eigenvalue weighted by Crippen LogP contribution is -2.50. The Morgan fingerprint density at radius 1 is 1.21 bits per heavy atom. The maximum Gasteiger partial charge on any atom is 0.355 e. The summed E-state index contributed by atoms with van der Waals surface area (Å²) in [5.41, 5.74) is 1.88. The second-order valence-corrected chi connectivity index (χ2v) is 6.20. The van der Waals surface area contributed by atoms with Gasteiger partial charge >= 0.3 is 5.97 Å². The molecule has 1 saturated heterocycles. The van der Waals surface area contributed by atoms with Crippen molar-refractivity contribution in [3.05, 3.63) is 59.9 Å². The van der Waals surface area contributed by atoms with Gasteiger partial charge in [-0.1, -0.05) is 36.4 Å². The van der Waals surface area contributed by atoms with E-state index in [-0.39, 0.29) is 12.2 Å². The standard InChI is InChI=1S/C19H25N3O2/c1-16(24-19(23)18-9-5-6-10-20-18)22-13-11-21(12-14-22)15-17-7-3-2-4-8-17/h2-4,6-10,16,20H,5,11-15H2,1H3. The summed E-state index contributed by atoms with van der Waals surface area (Å²) >= 11 is 0. The van der Waals surface area contributed by atoms with Gasteiger partial charge in [-0.3, -0.25) is 9.80 Å². The van der Waals surface area contributed by atoms with Gasteiger partial charge in [0, 0.05) is 32.7 Å². The van der Waals surface area contributed by atoms with Crippen LogP contribution in [0.1, 0.15) is 18.9 Å². The van der Waals surface area contributed by atoms with Crippen LogP contribution < -0.4 is 5.32 Å². The van der Waals surface area contributed by atoms with Crippen molar-refractivity contribution in [2.24, 2.45) is 0 Å². The summed E-state index contributed by atoms with van der Waals surface area (Å²) in [6.45, 7) is 6.72. The first-order valence-corrected chi connectivity index (χ1v) is 8.55. The normalized spacial score (nSPS) is 20.1. The van der Waals surface area contributed by atoms with Crippen molar-refractivity contribution in [1.29, 1.82) is 0 Å². The molecule has 1 fully saturated rings. The van der Waals surface area contributed by atoms with Gasteiger partial charge in [-0.05, 0) is 31.2 Å². The van der Waals surface area contributed by atoms with Gasteiger partial charge in [-0.25, -0.2) is 4.79 Å². The SMILES string of the molecule is CC(OC(=O)C1=CCC=CN1)N1CCN(Cc2ccccc2)CC1. The molecule has 1 unspecified atom stereocenters. The zero-order valence-corrected chi connectivity index (χ0v) is 14.1. The molecule has 5 heteroatoms. The largest absolute Gasteiger partial charge is 0.442 e. The number of rotatable bonds is 5. The number of hydrogen-bond donors (Lipinski definition) is 1. The molecule has 1 N–H and O–H groups in total. The molecule has 0 aliphatic carbocycles. The number of nitrogens with zero attached hydrogens (tertiary/aromatic N) is 2. The third kappa shape index (κ3) is 4.46. The van der Waals surface area contributed by atoms with E-state index in [1.54, 1.807) is 6.20 Å². The fourth-order valence-electron chi connectivity index (χ4n) is 3.02. The van der Waals surface area contributed by atoms with Crippen LogP contribution >= 0.6 is 0 Å². The van der Waals surface area contributed by atoms with Crippen LogP contribution in [0.25, 0.3) is 0 Å². The Labute approximate surface area is 143 Å². The highest BCUT2D eigenvalue weighted by Crippen LogP contribution is 2.12. The Hall–Kier alpha value is -2.11. The van der Waals surface area contributed by atoms with Crippen molar-refractivity contribution in [2.45, 2.75) is 26.1 Å². The number of allylic oxidation sites excluding steroid dienone is 2. The van der Waals surface area contributed by atoms with Crippen molar-refractivity contribution in [3.63, 3.8) is 0 Å². The molecule has 1 aromatic carbocycles. The topological polar surface area (TPSA) is 44.8 Å². The molecular weight excluding hydrogens is 302 g/mol. The first-order chi connectivity index (χ1) is 11.7. The molecule has 2 aliphatic heterocycles. The molecule has 24 heavy (non-hydrogen) atoms. The van der Waals surface area contributed by atoms with E-state index in [1.807, 2.05) is 25.1 Å². The maximum atomic E-state index is 12.1. The lowest BCUT2D eigenvalue weighted by Gasteiger charge is -2.37. The fourth-order valence-corrected chi connectivity index (χ4v) is 3.02. The highest BCUT2D eigenvalue weighted by molar-refractivity contribution is 5.88. The van der Waals surface area contributed by atoms with Crippen molar-refractivity contribution in [1.82, 2.24) is 15.1 Å². The van der Waals surface area contributed by atoms with Crippen LogP contribution in [-0.4, -0.2) is 48.2 Å². The molecule has 0 amide bonds. The zero-order chi connectivity index (χ0) is 16.8. The van der Waals surface area contributed by atoms with Crippen LogP contribution in [0.15, 0.2) is 54.4 Å². The van der Waals surface area contributed by atoms with E-state index in [0.717, 1.165) is 39.1 Å². The average Bonchev–Trinajstić information content (AvgIpc) is 2.64. The molecule has 0 radical (unpaired) electrons. The lowest BCUT2D eigenvalue weighted by atomic mass is 10.2. The molecule has 2 aliphatic rings. The third-order valence-electron chi connectivity index (χ3n) is 4.48. The maximum absolute atomic E-state index is 12.1. The van der Waals surface area contributed by atoms with Crippen molar-refractivity contribution in [3.8, 4) is 0 Å². The Morgan fingerprint density at radius 3 is 2.62 bits per heavy atom. The Morgan fingerprint density at radius 2 is 1.96 bits per heavy atom. The summed E-state index contributed by atoms with van der Waals surface area (Å²) in [6, 6.07) is 10.5. The summed E-state index contributed by atoms with van der Waals surface area (Å²) < 4.78 is 5.59. The Balaban J connectivity index is 1.44. The molecule has 0 spiro atoms. The first kappa shape index (κ1) is 16.7. The smallest absolute Gasteiger partial charge is 0.355 e. The summed E-state index contributed by atoms with van der Waals surface area (Å²) in [5, 5.41) is 2.94. The molecule has 0 aromatic heterocycles. The minimum Gasteiger partial charge on any atom is -0.442 e. The average molecular weight is 327 g/mol. The molecule has 3 rings (SSSR count). The van der Waals surface area contributed by atoms with E-state index >= 15 is 0 Å². The van der Waals surface area contributed by atoms with E-state index < -0.39 is 0 Å². The number of piperazine rings is 1. The number of nitrogens with one attached hydrogen (secondary N) is 1. The number of dihydropyridines is 1. The number of carbonyl (C=O) groups excluding carboxylic acids is 1. The van der Waals surface area contributed by atoms with Gasteiger partial charge in [0.2, 0.25) is 0 Å². The molecule has 0 bridgehead atoms. The van der Waals surface area contributed by atoms with Crippen LogP contribution in [0.5, 0.6) is 0 Å². The first-order valence-electron chi connectivity index (χ1n) is 8.55. The van der Waals surface area contributed by atoms with Crippen molar-refractivity contribution >= 4 is 5.97 Å². The number of carbonyl (C=O) groups is 1. The number of hydrogen-bond acceptors (Lipinski definition) is 5.